The summed E-state index contributed by atoms with van der Waals surface area (Å²) in [6, 6.07) is 14.3. The van der Waals surface area contributed by atoms with Gasteiger partial charge in [-0.2, -0.15) is 0 Å². The summed E-state index contributed by atoms with van der Waals surface area (Å²) >= 11 is 6.08. The van der Waals surface area contributed by atoms with Gasteiger partial charge >= 0.3 is 0 Å². The summed E-state index contributed by atoms with van der Waals surface area (Å²) in [5, 5.41) is 3.20. The predicted molar refractivity (Wildman–Crippen MR) is 87.3 cm³/mol. The Kier molecular flexibility index (Phi) is 3.41. The zero-order valence-corrected chi connectivity index (χ0v) is 13.0. The van der Waals surface area contributed by atoms with Gasteiger partial charge in [0.05, 0.1) is 10.7 Å². The van der Waals surface area contributed by atoms with Crippen LogP contribution < -0.4 is 10.2 Å². The lowest BCUT2D eigenvalue weighted by Gasteiger charge is -2.22. The molecule has 1 N–H and O–H groups in total. The summed E-state index contributed by atoms with van der Waals surface area (Å²) in [7, 11) is 1.68. The Morgan fingerprint density at radius 3 is 2.50 bits per heavy atom. The summed E-state index contributed by atoms with van der Waals surface area (Å²) in [6.07, 6.45) is 0. The first-order valence-electron chi connectivity index (χ1n) is 6.90. The number of anilines is 2. The van der Waals surface area contributed by atoms with Gasteiger partial charge in [-0.25, -0.2) is 0 Å². The van der Waals surface area contributed by atoms with Gasteiger partial charge in [0.15, 0.2) is 5.41 Å². The van der Waals surface area contributed by atoms with Crippen molar-refractivity contribution in [2.45, 2.75) is 12.3 Å². The first-order chi connectivity index (χ1) is 10.5. The quantitative estimate of drug-likeness (QED) is 0.865. The Morgan fingerprint density at radius 1 is 1.14 bits per heavy atom. The minimum absolute atomic E-state index is 0.252. The van der Waals surface area contributed by atoms with Crippen LogP contribution in [0.5, 0.6) is 0 Å². The minimum Gasteiger partial charge on any atom is -0.324 e. The third-order valence-electron chi connectivity index (χ3n) is 4.11. The zero-order chi connectivity index (χ0) is 15.9. The average molecular weight is 315 g/mol. The van der Waals surface area contributed by atoms with Crippen LogP contribution in [0, 0.1) is 0 Å². The van der Waals surface area contributed by atoms with Crippen molar-refractivity contribution in [2.24, 2.45) is 0 Å². The van der Waals surface area contributed by atoms with E-state index in [-0.39, 0.29) is 11.8 Å². The number of benzene rings is 2. The summed E-state index contributed by atoms with van der Waals surface area (Å²) in [5.41, 5.74) is 0.691. The molecule has 5 heteroatoms. The molecule has 0 spiro atoms. The number of carbonyl (C=O) groups is 2. The third kappa shape index (κ3) is 1.99. The zero-order valence-electron chi connectivity index (χ0n) is 12.3. The van der Waals surface area contributed by atoms with E-state index in [1.165, 1.54) is 4.90 Å². The molecule has 1 aliphatic heterocycles. The van der Waals surface area contributed by atoms with Crippen LogP contribution in [0.3, 0.4) is 0 Å². The molecule has 0 saturated carbocycles. The molecule has 2 aromatic carbocycles. The topological polar surface area (TPSA) is 49.4 Å². The second-order valence-electron chi connectivity index (χ2n) is 5.44. The number of carbonyl (C=O) groups excluding carboxylic acids is 2. The van der Waals surface area contributed by atoms with Crippen LogP contribution in [0.15, 0.2) is 48.5 Å². The van der Waals surface area contributed by atoms with Gasteiger partial charge in [-0.3, -0.25) is 9.59 Å². The molecule has 1 atom stereocenters. The van der Waals surface area contributed by atoms with Crippen molar-refractivity contribution in [3.8, 4) is 0 Å². The van der Waals surface area contributed by atoms with Crippen LogP contribution in [0.2, 0.25) is 5.02 Å². The molecule has 1 heterocycles. The second-order valence-corrected chi connectivity index (χ2v) is 5.85. The number of nitrogens with zero attached hydrogens (tertiary/aromatic N) is 1. The molecule has 0 aromatic heterocycles. The van der Waals surface area contributed by atoms with E-state index in [0.29, 0.717) is 16.3 Å². The molecular weight excluding hydrogens is 300 g/mol. The lowest BCUT2D eigenvalue weighted by Crippen LogP contribution is -2.45. The molecule has 0 radical (unpaired) electrons. The van der Waals surface area contributed by atoms with Gasteiger partial charge < -0.3 is 10.2 Å². The van der Waals surface area contributed by atoms with Gasteiger partial charge in [0, 0.05) is 18.3 Å². The van der Waals surface area contributed by atoms with Crippen molar-refractivity contribution in [3.63, 3.8) is 0 Å². The first-order valence-corrected chi connectivity index (χ1v) is 7.27. The maximum Gasteiger partial charge on any atom is 0.246 e. The number of nitrogens with one attached hydrogen (secondary N) is 1. The van der Waals surface area contributed by atoms with Gasteiger partial charge in [0.2, 0.25) is 11.8 Å². The fourth-order valence-corrected chi connectivity index (χ4v) is 2.96. The molecule has 1 unspecified atom stereocenters. The van der Waals surface area contributed by atoms with E-state index in [1.54, 1.807) is 38.2 Å². The van der Waals surface area contributed by atoms with E-state index in [4.69, 9.17) is 11.6 Å². The number of amides is 2. The van der Waals surface area contributed by atoms with E-state index >= 15 is 0 Å². The maximum atomic E-state index is 12.8. The average Bonchev–Trinajstić information content (AvgIpc) is 2.73. The van der Waals surface area contributed by atoms with Crippen LogP contribution >= 0.6 is 11.6 Å². The fraction of sp³-hybridized carbons (Fsp3) is 0.176. The molecule has 2 aromatic rings. The van der Waals surface area contributed by atoms with E-state index in [9.17, 15) is 9.59 Å². The van der Waals surface area contributed by atoms with E-state index in [2.05, 4.69) is 5.32 Å². The van der Waals surface area contributed by atoms with E-state index in [1.807, 2.05) is 24.3 Å². The standard InChI is InChI=1S/C17H15ClN2O2/c1-17(15(21)19-13-9-5-4-8-12(13)18)11-7-3-6-10-14(11)20(2)16(17)22/h3-10H,1-2H3,(H,19,21). The predicted octanol–water partition coefficient (Wildman–Crippen LogP) is 3.21. The van der Waals surface area contributed by atoms with Crippen molar-refractivity contribution >= 4 is 34.8 Å². The lowest BCUT2D eigenvalue weighted by molar-refractivity contribution is -0.131. The molecule has 2 amide bonds. The second kappa shape index (κ2) is 5.14. The highest BCUT2D eigenvalue weighted by molar-refractivity contribution is 6.34. The Morgan fingerprint density at radius 2 is 1.77 bits per heavy atom. The fourth-order valence-electron chi connectivity index (χ4n) is 2.78. The smallest absolute Gasteiger partial charge is 0.246 e. The molecule has 4 nitrogen and oxygen atoms in total. The van der Waals surface area contributed by atoms with Gasteiger partial charge in [-0.15, -0.1) is 0 Å². The number of rotatable bonds is 2. The summed E-state index contributed by atoms with van der Waals surface area (Å²) in [4.78, 5) is 26.9. The van der Waals surface area contributed by atoms with Crippen molar-refractivity contribution in [1.29, 1.82) is 0 Å². The Labute approximate surface area is 133 Å². The summed E-state index contributed by atoms with van der Waals surface area (Å²) in [5.74, 6) is -0.638. The summed E-state index contributed by atoms with van der Waals surface area (Å²) < 4.78 is 0. The van der Waals surface area contributed by atoms with Crippen molar-refractivity contribution < 1.29 is 9.59 Å². The highest BCUT2D eigenvalue weighted by atomic mass is 35.5. The summed E-state index contributed by atoms with van der Waals surface area (Å²) in [6.45, 7) is 1.64. The molecule has 1 aliphatic rings. The number of para-hydroxylation sites is 2. The van der Waals surface area contributed by atoms with Gasteiger partial charge in [0.25, 0.3) is 0 Å². The normalized spacial score (nSPS) is 20.0. The van der Waals surface area contributed by atoms with Crippen LogP contribution in [0.1, 0.15) is 12.5 Å². The van der Waals surface area contributed by atoms with Crippen LogP contribution in [0.4, 0.5) is 11.4 Å². The van der Waals surface area contributed by atoms with Crippen LogP contribution in [-0.4, -0.2) is 18.9 Å². The monoisotopic (exact) mass is 314 g/mol. The molecule has 3 rings (SSSR count). The van der Waals surface area contributed by atoms with E-state index < -0.39 is 5.41 Å². The Bertz CT molecular complexity index is 775. The molecule has 0 aliphatic carbocycles. The van der Waals surface area contributed by atoms with Crippen molar-refractivity contribution in [2.75, 3.05) is 17.3 Å². The molecule has 0 fully saturated rings. The highest BCUT2D eigenvalue weighted by Crippen LogP contribution is 2.41. The number of fused-ring (bicyclic) bond motifs is 1. The number of likely N-dealkylation sites (N-methyl/N-ethyl adjacent to an activating group) is 1. The van der Waals surface area contributed by atoms with Gasteiger partial charge in [-0.1, -0.05) is 41.9 Å². The minimum atomic E-state index is -1.26. The van der Waals surface area contributed by atoms with Gasteiger partial charge in [-0.05, 0) is 25.1 Å². The highest BCUT2D eigenvalue weighted by Gasteiger charge is 2.51. The number of halogens is 1. The van der Waals surface area contributed by atoms with Gasteiger partial charge in [0.1, 0.15) is 0 Å². The Balaban J connectivity index is 2.02. The number of hydrogen-bond acceptors (Lipinski definition) is 2. The lowest BCUT2D eigenvalue weighted by atomic mass is 9.82. The van der Waals surface area contributed by atoms with Crippen molar-refractivity contribution in [3.05, 3.63) is 59.1 Å². The number of hydrogen-bond donors (Lipinski definition) is 1. The largest absolute Gasteiger partial charge is 0.324 e. The molecule has 22 heavy (non-hydrogen) atoms. The van der Waals surface area contributed by atoms with Crippen molar-refractivity contribution in [1.82, 2.24) is 0 Å². The molecule has 112 valence electrons. The molecular formula is C17H15ClN2O2. The molecule has 0 bridgehead atoms. The molecule has 0 saturated heterocycles. The SMILES string of the molecule is CN1C(=O)C(C)(C(=O)Nc2ccccc2Cl)c2ccccc21. The Hall–Kier alpha value is -2.33. The first kappa shape index (κ1) is 14.6. The third-order valence-corrected chi connectivity index (χ3v) is 4.44. The maximum absolute atomic E-state index is 12.8. The van der Waals surface area contributed by atoms with E-state index in [0.717, 1.165) is 5.69 Å². The van der Waals surface area contributed by atoms with Crippen LogP contribution in [0.25, 0.3) is 0 Å². The van der Waals surface area contributed by atoms with Crippen LogP contribution in [-0.2, 0) is 15.0 Å².